The highest BCUT2D eigenvalue weighted by Crippen LogP contribution is 2.25. The number of nitrogens with one attached hydrogen (secondary N) is 1. The molecule has 0 bridgehead atoms. The fraction of sp³-hybridized carbons (Fsp3) is 0.368. The van der Waals surface area contributed by atoms with Gasteiger partial charge in [0.25, 0.3) is 5.91 Å². The van der Waals surface area contributed by atoms with Crippen molar-refractivity contribution in [2.24, 2.45) is 5.92 Å². The number of amides is 2. The van der Waals surface area contributed by atoms with Crippen LogP contribution in [0.3, 0.4) is 0 Å². The zero-order valence-electron chi connectivity index (χ0n) is 14.0. The number of carbonyl (C=O) groups excluding carboxylic acids is 2. The van der Waals surface area contributed by atoms with Gasteiger partial charge < -0.3 is 10.2 Å². The van der Waals surface area contributed by atoms with E-state index in [9.17, 15) is 9.59 Å². The van der Waals surface area contributed by atoms with Crippen LogP contribution in [-0.4, -0.2) is 23.3 Å². The summed E-state index contributed by atoms with van der Waals surface area (Å²) in [6.45, 7) is 5.30. The van der Waals surface area contributed by atoms with Crippen LogP contribution in [0, 0.1) is 5.92 Å². The second-order valence-electron chi connectivity index (χ2n) is 6.23. The normalized spacial score (nSPS) is 14.8. The van der Waals surface area contributed by atoms with Gasteiger partial charge >= 0.3 is 0 Å². The molecule has 0 fully saturated rings. The van der Waals surface area contributed by atoms with Gasteiger partial charge in [-0.3, -0.25) is 9.59 Å². The lowest BCUT2D eigenvalue weighted by molar-refractivity contribution is -0.119. The minimum absolute atomic E-state index is 0.0111. The summed E-state index contributed by atoms with van der Waals surface area (Å²) in [5.41, 5.74) is 2.55. The maximum atomic E-state index is 12.8. The van der Waals surface area contributed by atoms with E-state index in [1.54, 1.807) is 17.4 Å². The van der Waals surface area contributed by atoms with Crippen LogP contribution >= 0.6 is 11.3 Å². The van der Waals surface area contributed by atoms with Gasteiger partial charge in [-0.15, -0.1) is 11.3 Å². The van der Waals surface area contributed by atoms with Crippen LogP contribution in [0.4, 0.5) is 5.69 Å². The lowest BCUT2D eigenvalue weighted by Crippen LogP contribution is -2.35. The van der Waals surface area contributed by atoms with Crippen LogP contribution in [0.5, 0.6) is 0 Å². The molecule has 0 saturated carbocycles. The van der Waals surface area contributed by atoms with E-state index < -0.39 is 0 Å². The van der Waals surface area contributed by atoms with Crippen molar-refractivity contribution in [1.29, 1.82) is 0 Å². The summed E-state index contributed by atoms with van der Waals surface area (Å²) < 4.78 is 0. The van der Waals surface area contributed by atoms with Crippen molar-refractivity contribution in [3.8, 4) is 0 Å². The molecule has 2 amide bonds. The van der Waals surface area contributed by atoms with Crippen molar-refractivity contribution in [3.05, 3.63) is 51.7 Å². The first kappa shape index (κ1) is 16.7. The monoisotopic (exact) mass is 342 g/mol. The van der Waals surface area contributed by atoms with Crippen LogP contribution in [0.1, 0.15) is 41.1 Å². The van der Waals surface area contributed by atoms with Crippen molar-refractivity contribution in [3.63, 3.8) is 0 Å². The third-order valence-corrected chi connectivity index (χ3v) is 5.55. The lowest BCUT2D eigenvalue weighted by Gasteiger charge is -2.27. The zero-order valence-corrected chi connectivity index (χ0v) is 14.9. The Bertz CT molecular complexity index is 753. The summed E-state index contributed by atoms with van der Waals surface area (Å²) in [5, 5.41) is 4.98. The molecule has 2 heterocycles. The van der Waals surface area contributed by atoms with Gasteiger partial charge in [-0.25, -0.2) is 0 Å². The van der Waals surface area contributed by atoms with Crippen molar-refractivity contribution >= 4 is 28.8 Å². The van der Waals surface area contributed by atoms with Gasteiger partial charge in [0.2, 0.25) is 5.91 Å². The number of anilines is 1. The van der Waals surface area contributed by atoms with Gasteiger partial charge in [0, 0.05) is 35.1 Å². The molecule has 126 valence electrons. The van der Waals surface area contributed by atoms with Crippen LogP contribution in [-0.2, 0) is 17.8 Å². The Morgan fingerprint density at radius 3 is 2.96 bits per heavy atom. The molecule has 0 radical (unpaired) electrons. The van der Waals surface area contributed by atoms with Crippen LogP contribution in [0.15, 0.2) is 35.7 Å². The quantitative estimate of drug-likeness (QED) is 0.915. The van der Waals surface area contributed by atoms with E-state index in [-0.39, 0.29) is 17.7 Å². The highest BCUT2D eigenvalue weighted by molar-refractivity contribution is 7.10. The SMILES string of the molecule is CCC(C)C(=O)Nc1cccc(C(=O)N2CCc3sccc3C2)c1. The first-order valence-electron chi connectivity index (χ1n) is 8.34. The van der Waals surface area contributed by atoms with Crippen molar-refractivity contribution in [1.82, 2.24) is 4.90 Å². The summed E-state index contributed by atoms with van der Waals surface area (Å²) in [4.78, 5) is 28.1. The molecule has 1 unspecified atom stereocenters. The molecular weight excluding hydrogens is 320 g/mol. The number of rotatable bonds is 4. The Balaban J connectivity index is 1.72. The number of nitrogens with zero attached hydrogens (tertiary/aromatic N) is 1. The van der Waals surface area contributed by atoms with Crippen molar-refractivity contribution in [2.45, 2.75) is 33.2 Å². The van der Waals surface area contributed by atoms with Gasteiger partial charge in [0.15, 0.2) is 0 Å². The molecule has 0 spiro atoms. The summed E-state index contributed by atoms with van der Waals surface area (Å²) >= 11 is 1.76. The number of hydrogen-bond donors (Lipinski definition) is 1. The average molecular weight is 342 g/mol. The predicted molar refractivity (Wildman–Crippen MR) is 97.3 cm³/mol. The largest absolute Gasteiger partial charge is 0.334 e. The molecule has 1 aromatic heterocycles. The molecule has 4 nitrogen and oxygen atoms in total. The van der Waals surface area contributed by atoms with E-state index in [0.717, 1.165) is 19.4 Å². The van der Waals surface area contributed by atoms with Gasteiger partial charge in [-0.2, -0.15) is 0 Å². The third kappa shape index (κ3) is 3.51. The summed E-state index contributed by atoms with van der Waals surface area (Å²) in [5.74, 6) is -0.0297. The number of fused-ring (bicyclic) bond motifs is 1. The van der Waals surface area contributed by atoms with Gasteiger partial charge in [-0.1, -0.05) is 19.9 Å². The zero-order chi connectivity index (χ0) is 17.1. The van der Waals surface area contributed by atoms with E-state index >= 15 is 0 Å². The average Bonchev–Trinajstić information content (AvgIpc) is 3.08. The molecule has 1 aromatic carbocycles. The second kappa shape index (κ2) is 7.18. The number of benzene rings is 1. The van der Waals surface area contributed by atoms with E-state index in [4.69, 9.17) is 0 Å². The highest BCUT2D eigenvalue weighted by atomic mass is 32.1. The van der Waals surface area contributed by atoms with E-state index in [1.807, 2.05) is 36.9 Å². The topological polar surface area (TPSA) is 49.4 Å². The molecule has 0 aliphatic carbocycles. The van der Waals surface area contributed by atoms with Crippen molar-refractivity contribution in [2.75, 3.05) is 11.9 Å². The fourth-order valence-electron chi connectivity index (χ4n) is 2.79. The van der Waals surface area contributed by atoms with E-state index in [0.29, 0.717) is 17.8 Å². The summed E-state index contributed by atoms with van der Waals surface area (Å²) in [6, 6.07) is 9.32. The van der Waals surface area contributed by atoms with Gasteiger partial charge in [0.05, 0.1) is 0 Å². The minimum atomic E-state index is -0.0385. The number of carbonyl (C=O) groups is 2. The Hall–Kier alpha value is -2.14. The first-order valence-corrected chi connectivity index (χ1v) is 9.22. The van der Waals surface area contributed by atoms with E-state index in [1.165, 1.54) is 10.4 Å². The standard InChI is InChI=1S/C19H22N2O2S/c1-3-13(2)18(22)20-16-6-4-5-14(11-16)19(23)21-9-7-17-15(12-21)8-10-24-17/h4-6,8,10-11,13H,3,7,9,12H2,1-2H3,(H,20,22). The molecule has 1 aliphatic heterocycles. The Morgan fingerprint density at radius 1 is 1.33 bits per heavy atom. The van der Waals surface area contributed by atoms with E-state index in [2.05, 4.69) is 16.8 Å². The third-order valence-electron chi connectivity index (χ3n) is 4.53. The maximum Gasteiger partial charge on any atom is 0.254 e. The molecule has 5 heteroatoms. The summed E-state index contributed by atoms with van der Waals surface area (Å²) in [6.07, 6.45) is 1.71. The molecule has 0 saturated heterocycles. The lowest BCUT2D eigenvalue weighted by atomic mass is 10.1. The molecule has 2 aromatic rings. The van der Waals surface area contributed by atoms with Crippen LogP contribution in [0.2, 0.25) is 0 Å². The molecule has 3 rings (SSSR count). The minimum Gasteiger partial charge on any atom is -0.334 e. The van der Waals surface area contributed by atoms with Crippen molar-refractivity contribution < 1.29 is 9.59 Å². The molecule has 24 heavy (non-hydrogen) atoms. The molecule has 1 atom stereocenters. The fourth-order valence-corrected chi connectivity index (χ4v) is 3.67. The number of hydrogen-bond acceptors (Lipinski definition) is 3. The summed E-state index contributed by atoms with van der Waals surface area (Å²) in [7, 11) is 0. The smallest absolute Gasteiger partial charge is 0.254 e. The Kier molecular flexibility index (Phi) is 5.00. The van der Waals surface area contributed by atoms with Crippen LogP contribution in [0.25, 0.3) is 0 Å². The Morgan fingerprint density at radius 2 is 2.17 bits per heavy atom. The first-order chi connectivity index (χ1) is 11.6. The molecule has 1 N–H and O–H groups in total. The second-order valence-corrected chi connectivity index (χ2v) is 7.23. The molecular formula is C19H22N2O2S. The van der Waals surface area contributed by atoms with Crippen LogP contribution < -0.4 is 5.32 Å². The predicted octanol–water partition coefficient (Wildman–Crippen LogP) is 3.93. The van der Waals surface area contributed by atoms with Gasteiger partial charge in [0.1, 0.15) is 0 Å². The molecule has 1 aliphatic rings. The Labute approximate surface area is 146 Å². The highest BCUT2D eigenvalue weighted by Gasteiger charge is 2.22. The number of thiophene rings is 1. The maximum absolute atomic E-state index is 12.8. The van der Waals surface area contributed by atoms with Gasteiger partial charge in [-0.05, 0) is 48.1 Å².